The highest BCUT2D eigenvalue weighted by atomic mass is 35.5. The van der Waals surface area contributed by atoms with Crippen LogP contribution in [0.25, 0.3) is 0 Å². The van der Waals surface area contributed by atoms with Crippen molar-refractivity contribution in [3.63, 3.8) is 0 Å². The number of carbonyl (C=O) groups excluding carboxylic acids is 1. The van der Waals surface area contributed by atoms with Crippen LogP contribution in [0.4, 0.5) is 0 Å². The van der Waals surface area contributed by atoms with Crippen LogP contribution >= 0.6 is 23.2 Å². The summed E-state index contributed by atoms with van der Waals surface area (Å²) in [5.41, 5.74) is 9.92. The summed E-state index contributed by atoms with van der Waals surface area (Å²) < 4.78 is 25.1. The predicted octanol–water partition coefficient (Wildman–Crippen LogP) is 2.96. The molecule has 1 saturated heterocycles. The molecule has 168 valence electrons. The molecule has 0 spiro atoms. The molecule has 1 aromatic heterocycles. The van der Waals surface area contributed by atoms with Crippen LogP contribution in [-0.4, -0.2) is 53.9 Å². The molecule has 3 aliphatic rings. The van der Waals surface area contributed by atoms with Gasteiger partial charge in [-0.1, -0.05) is 29.3 Å². The minimum Gasteiger partial charge on any atom is -0.330 e. The molecule has 4 rings (SSSR count). The van der Waals surface area contributed by atoms with E-state index in [1.807, 2.05) is 17.9 Å². The molecule has 31 heavy (non-hydrogen) atoms. The summed E-state index contributed by atoms with van der Waals surface area (Å²) in [6.07, 6.45) is 6.65. The zero-order valence-electron chi connectivity index (χ0n) is 17.6. The molecule has 1 aliphatic carbocycles. The van der Waals surface area contributed by atoms with Gasteiger partial charge in [-0.15, -0.1) is 0 Å². The first-order valence-electron chi connectivity index (χ1n) is 10.3. The lowest BCUT2D eigenvalue weighted by atomic mass is 9.84. The quantitative estimate of drug-likeness (QED) is 0.708. The van der Waals surface area contributed by atoms with Crippen molar-refractivity contribution in [3.8, 4) is 0 Å². The number of nitrogens with two attached hydrogens (primary N) is 1. The Hall–Kier alpha value is -1.45. The van der Waals surface area contributed by atoms with E-state index in [2.05, 4.69) is 0 Å². The van der Waals surface area contributed by atoms with Crippen molar-refractivity contribution in [3.05, 3.63) is 50.3 Å². The first-order valence-corrected chi connectivity index (χ1v) is 12.9. The average Bonchev–Trinajstić information content (AvgIpc) is 3.02. The maximum atomic E-state index is 13.6. The average molecular weight is 485 g/mol. The Labute approximate surface area is 192 Å². The van der Waals surface area contributed by atoms with Crippen molar-refractivity contribution < 1.29 is 13.2 Å². The van der Waals surface area contributed by atoms with Gasteiger partial charge in [0.2, 0.25) is 10.0 Å². The molecule has 0 radical (unpaired) electrons. The Morgan fingerprint density at radius 2 is 1.94 bits per heavy atom. The standard InChI is InChI=1S/C21H26Cl2N4O3S/c1-12-16(10-24)19(15-4-3-13(22)9-17(15)23)20-18(25-12)11-27(21(20)28)14-5-7-26(8-6-14)31(2,29)30/h3,9,14-15H,4-8,10-11,24H2,1-2H3. The van der Waals surface area contributed by atoms with E-state index in [4.69, 9.17) is 33.9 Å². The number of rotatable bonds is 4. The van der Waals surface area contributed by atoms with E-state index in [0.717, 1.165) is 22.5 Å². The highest BCUT2D eigenvalue weighted by Gasteiger charge is 2.40. The number of aromatic nitrogens is 1. The van der Waals surface area contributed by atoms with E-state index < -0.39 is 10.0 Å². The second-order valence-electron chi connectivity index (χ2n) is 8.35. The van der Waals surface area contributed by atoms with Crippen molar-refractivity contribution in [2.45, 2.75) is 51.2 Å². The highest BCUT2D eigenvalue weighted by Crippen LogP contribution is 2.43. The Balaban J connectivity index is 1.68. The monoisotopic (exact) mass is 484 g/mol. The van der Waals surface area contributed by atoms with Gasteiger partial charge in [-0.2, -0.15) is 0 Å². The minimum absolute atomic E-state index is 0.0270. The van der Waals surface area contributed by atoms with Crippen molar-refractivity contribution in [1.29, 1.82) is 0 Å². The Kier molecular flexibility index (Phi) is 6.22. The van der Waals surface area contributed by atoms with Gasteiger partial charge < -0.3 is 10.6 Å². The van der Waals surface area contributed by atoms with Gasteiger partial charge in [0.1, 0.15) is 0 Å². The van der Waals surface area contributed by atoms with Crippen LogP contribution in [0.5, 0.6) is 0 Å². The molecule has 2 N–H and O–H groups in total. The molecule has 7 nitrogen and oxygen atoms in total. The third-order valence-electron chi connectivity index (χ3n) is 6.46. The first-order chi connectivity index (χ1) is 14.6. The van der Waals surface area contributed by atoms with Crippen LogP contribution in [-0.2, 0) is 23.1 Å². The van der Waals surface area contributed by atoms with Gasteiger partial charge in [-0.25, -0.2) is 12.7 Å². The van der Waals surface area contributed by atoms with Crippen LogP contribution in [0.15, 0.2) is 22.2 Å². The number of amides is 1. The number of piperidine rings is 1. The maximum absolute atomic E-state index is 13.6. The molecule has 1 fully saturated rings. The molecule has 1 atom stereocenters. The smallest absolute Gasteiger partial charge is 0.256 e. The fourth-order valence-electron chi connectivity index (χ4n) is 4.87. The van der Waals surface area contributed by atoms with Crippen molar-refractivity contribution in [2.24, 2.45) is 5.73 Å². The largest absolute Gasteiger partial charge is 0.330 e. The van der Waals surface area contributed by atoms with Gasteiger partial charge in [0.25, 0.3) is 5.91 Å². The van der Waals surface area contributed by atoms with Gasteiger partial charge in [0.05, 0.1) is 24.1 Å². The number of hydrogen-bond donors (Lipinski definition) is 1. The summed E-state index contributed by atoms with van der Waals surface area (Å²) in [6, 6.07) is -0.0270. The molecule has 1 aromatic rings. The molecule has 1 unspecified atom stereocenters. The second kappa shape index (κ2) is 8.48. The molecule has 10 heteroatoms. The number of fused-ring (bicyclic) bond motifs is 1. The van der Waals surface area contributed by atoms with E-state index >= 15 is 0 Å². The van der Waals surface area contributed by atoms with E-state index in [9.17, 15) is 13.2 Å². The third kappa shape index (κ3) is 4.16. The number of sulfonamides is 1. The summed E-state index contributed by atoms with van der Waals surface area (Å²) in [6.45, 7) is 3.42. The zero-order valence-corrected chi connectivity index (χ0v) is 19.9. The Morgan fingerprint density at radius 1 is 1.26 bits per heavy atom. The number of allylic oxidation sites excluding steroid dienone is 4. The molecule has 0 aromatic carbocycles. The molecule has 3 heterocycles. The number of carbonyl (C=O) groups is 1. The normalized spacial score (nSPS) is 23.1. The molecular formula is C21H26Cl2N4O3S. The minimum atomic E-state index is -3.22. The summed E-state index contributed by atoms with van der Waals surface area (Å²) in [7, 11) is -3.22. The lowest BCUT2D eigenvalue weighted by Gasteiger charge is -2.35. The molecular weight excluding hydrogens is 459 g/mol. The first kappa shape index (κ1) is 22.7. The van der Waals surface area contributed by atoms with Crippen LogP contribution in [0.1, 0.15) is 58.1 Å². The van der Waals surface area contributed by atoms with Crippen LogP contribution < -0.4 is 5.73 Å². The summed E-state index contributed by atoms with van der Waals surface area (Å²) >= 11 is 12.7. The summed E-state index contributed by atoms with van der Waals surface area (Å²) in [4.78, 5) is 20.2. The number of aryl methyl sites for hydroxylation is 1. The summed E-state index contributed by atoms with van der Waals surface area (Å²) in [5.74, 6) is -0.260. The molecule has 0 bridgehead atoms. The van der Waals surface area contributed by atoms with E-state index in [0.29, 0.717) is 54.5 Å². The van der Waals surface area contributed by atoms with E-state index in [1.165, 1.54) is 10.6 Å². The molecule has 0 saturated carbocycles. The zero-order chi connectivity index (χ0) is 22.5. The van der Waals surface area contributed by atoms with Gasteiger partial charge in [-0.05, 0) is 43.4 Å². The number of pyridine rings is 1. The topological polar surface area (TPSA) is 96.6 Å². The SMILES string of the molecule is Cc1nc2c(c(C3CC=C(Cl)C=C3Cl)c1CN)C(=O)N(C1CCN(S(C)(=O)=O)CC1)C2. The number of hydrogen-bond acceptors (Lipinski definition) is 5. The van der Waals surface area contributed by atoms with Crippen LogP contribution in [0, 0.1) is 6.92 Å². The fraction of sp³-hybridized carbons (Fsp3) is 0.524. The van der Waals surface area contributed by atoms with E-state index in [-0.39, 0.29) is 24.4 Å². The molecule has 2 aliphatic heterocycles. The third-order valence-corrected chi connectivity index (χ3v) is 8.40. The van der Waals surface area contributed by atoms with Gasteiger partial charge >= 0.3 is 0 Å². The van der Waals surface area contributed by atoms with E-state index in [1.54, 1.807) is 6.08 Å². The Morgan fingerprint density at radius 3 is 2.52 bits per heavy atom. The van der Waals surface area contributed by atoms with Gasteiger partial charge in [0, 0.05) is 47.4 Å². The number of nitrogens with zero attached hydrogens (tertiary/aromatic N) is 3. The van der Waals surface area contributed by atoms with Crippen molar-refractivity contribution in [1.82, 2.24) is 14.2 Å². The van der Waals surface area contributed by atoms with Gasteiger partial charge in [0.15, 0.2) is 0 Å². The predicted molar refractivity (Wildman–Crippen MR) is 121 cm³/mol. The fourth-order valence-corrected chi connectivity index (χ4v) is 6.32. The Bertz CT molecular complexity index is 1090. The van der Waals surface area contributed by atoms with Crippen LogP contribution in [0.3, 0.4) is 0 Å². The molecule has 1 amide bonds. The van der Waals surface area contributed by atoms with Crippen LogP contribution in [0.2, 0.25) is 0 Å². The van der Waals surface area contributed by atoms with Gasteiger partial charge in [-0.3, -0.25) is 9.78 Å². The summed E-state index contributed by atoms with van der Waals surface area (Å²) in [5, 5.41) is 1.17. The van der Waals surface area contributed by atoms with Crippen molar-refractivity contribution >= 4 is 39.1 Å². The lowest BCUT2D eigenvalue weighted by Crippen LogP contribution is -2.46. The second-order valence-corrected chi connectivity index (χ2v) is 11.2. The highest BCUT2D eigenvalue weighted by molar-refractivity contribution is 7.88. The van der Waals surface area contributed by atoms with Crippen molar-refractivity contribution in [2.75, 3.05) is 19.3 Å². The number of halogens is 2. The maximum Gasteiger partial charge on any atom is 0.256 e. The lowest BCUT2D eigenvalue weighted by molar-refractivity contribution is 0.0641.